The van der Waals surface area contributed by atoms with Crippen molar-refractivity contribution in [1.29, 1.82) is 0 Å². The van der Waals surface area contributed by atoms with Crippen LogP contribution in [0.15, 0.2) is 97.2 Å². The zero-order chi connectivity index (χ0) is 59.2. The van der Waals surface area contributed by atoms with Crippen LogP contribution in [0, 0.1) is 0 Å². The summed E-state index contributed by atoms with van der Waals surface area (Å²) in [6.45, 7) is 6.55. The summed E-state index contributed by atoms with van der Waals surface area (Å²) in [5.74, 6) is -0.888. The van der Waals surface area contributed by atoms with Crippen LogP contribution in [0.5, 0.6) is 0 Å². The Balaban J connectivity index is 4.34. The summed E-state index contributed by atoms with van der Waals surface area (Å²) in [5.41, 5.74) is 0. The average molecular weight is 1140 g/mol. The van der Waals surface area contributed by atoms with E-state index in [0.29, 0.717) is 19.3 Å². The van der Waals surface area contributed by atoms with Gasteiger partial charge in [-0.05, 0) is 83.5 Å². The van der Waals surface area contributed by atoms with E-state index < -0.39 is 6.10 Å². The third-order valence-electron chi connectivity index (χ3n) is 15.4. The highest BCUT2D eigenvalue weighted by Gasteiger charge is 2.19. The predicted octanol–water partition coefficient (Wildman–Crippen LogP) is 24.4. The molecule has 0 saturated carbocycles. The van der Waals surface area contributed by atoms with Gasteiger partial charge in [0.05, 0.1) is 0 Å². The molecule has 0 saturated heterocycles. The van der Waals surface area contributed by atoms with Gasteiger partial charge in [-0.15, -0.1) is 0 Å². The molecule has 0 aliphatic carbocycles. The minimum atomic E-state index is -0.787. The molecule has 1 atom stereocenters. The third kappa shape index (κ3) is 67.1. The lowest BCUT2D eigenvalue weighted by Gasteiger charge is -2.18. The monoisotopic (exact) mass is 1140 g/mol. The number of carbonyl (C=O) groups is 3. The fourth-order valence-corrected chi connectivity index (χ4v) is 10.1. The Kier molecular flexibility index (Phi) is 66.7. The Morgan fingerprint density at radius 2 is 0.476 bits per heavy atom. The predicted molar refractivity (Wildman–Crippen MR) is 357 cm³/mol. The number of hydrogen-bond donors (Lipinski definition) is 0. The second-order valence-corrected chi connectivity index (χ2v) is 23.4. The van der Waals surface area contributed by atoms with Crippen molar-refractivity contribution in [1.82, 2.24) is 0 Å². The van der Waals surface area contributed by atoms with Crippen LogP contribution in [-0.4, -0.2) is 37.2 Å². The molecule has 0 aromatic heterocycles. The Hall–Kier alpha value is -3.67. The Morgan fingerprint density at radius 3 is 0.744 bits per heavy atom. The lowest BCUT2D eigenvalue weighted by molar-refractivity contribution is -0.167. The van der Waals surface area contributed by atoms with Gasteiger partial charge < -0.3 is 14.2 Å². The van der Waals surface area contributed by atoms with Gasteiger partial charge in [0.2, 0.25) is 0 Å². The van der Waals surface area contributed by atoms with Crippen LogP contribution in [0.4, 0.5) is 0 Å². The zero-order valence-corrected chi connectivity index (χ0v) is 54.2. The van der Waals surface area contributed by atoms with Crippen molar-refractivity contribution in [2.24, 2.45) is 0 Å². The van der Waals surface area contributed by atoms with Crippen LogP contribution in [0.1, 0.15) is 348 Å². The molecule has 0 aromatic rings. The first-order valence-corrected chi connectivity index (χ1v) is 35.2. The molecule has 0 rings (SSSR count). The summed E-state index contributed by atoms with van der Waals surface area (Å²) < 4.78 is 17.0. The van der Waals surface area contributed by atoms with Gasteiger partial charge in [0.1, 0.15) is 13.2 Å². The normalized spacial score (nSPS) is 12.7. The summed E-state index contributed by atoms with van der Waals surface area (Å²) in [6, 6.07) is 0. The second kappa shape index (κ2) is 69.8. The zero-order valence-electron chi connectivity index (χ0n) is 54.2. The van der Waals surface area contributed by atoms with Crippen LogP contribution in [0.3, 0.4) is 0 Å². The van der Waals surface area contributed by atoms with Crippen LogP contribution in [0.25, 0.3) is 0 Å². The summed E-state index contributed by atoms with van der Waals surface area (Å²) in [6.07, 6.45) is 94.3. The van der Waals surface area contributed by atoms with E-state index in [0.717, 1.165) is 122 Å². The largest absolute Gasteiger partial charge is 0.462 e. The molecule has 0 spiro atoms. The van der Waals surface area contributed by atoms with E-state index in [-0.39, 0.29) is 31.1 Å². The highest BCUT2D eigenvalue weighted by atomic mass is 16.6. The lowest BCUT2D eigenvalue weighted by Crippen LogP contribution is -2.30. The summed E-state index contributed by atoms with van der Waals surface area (Å²) in [5, 5.41) is 0. The van der Waals surface area contributed by atoms with Gasteiger partial charge >= 0.3 is 17.9 Å². The number of unbranched alkanes of at least 4 members (excludes halogenated alkanes) is 37. The molecule has 0 bridgehead atoms. The third-order valence-corrected chi connectivity index (χ3v) is 15.4. The number of allylic oxidation sites excluding steroid dienone is 16. The molecular formula is C76H132O6. The molecule has 0 fully saturated rings. The van der Waals surface area contributed by atoms with E-state index in [1.54, 1.807) is 0 Å². The quantitative estimate of drug-likeness (QED) is 0.0261. The number of carbonyl (C=O) groups excluding carboxylic acids is 3. The molecule has 1 unspecified atom stereocenters. The first kappa shape index (κ1) is 78.3. The van der Waals surface area contributed by atoms with E-state index >= 15 is 0 Å². The Bertz CT molecular complexity index is 1590. The molecule has 0 aliphatic rings. The molecule has 0 N–H and O–H groups in total. The van der Waals surface area contributed by atoms with E-state index in [2.05, 4.69) is 118 Å². The SMILES string of the molecule is CC/C=C\C/C=C\C/C=C\C/C=C\C/C=C\C/C=C\C/C=C\C/C=C\CCCCCCC(=O)OCC(COC(=O)CCCCCCCCCCCCCCC)OC(=O)CCCCCCCCCCCCCCCCCCCCCCCC. The number of hydrogen-bond acceptors (Lipinski definition) is 6. The molecule has 0 amide bonds. The summed E-state index contributed by atoms with van der Waals surface area (Å²) in [4.78, 5) is 38.4. The molecule has 0 aromatic carbocycles. The van der Waals surface area contributed by atoms with Gasteiger partial charge in [-0.2, -0.15) is 0 Å². The van der Waals surface area contributed by atoms with Crippen molar-refractivity contribution in [2.45, 2.75) is 354 Å². The van der Waals surface area contributed by atoms with Gasteiger partial charge in [0, 0.05) is 19.3 Å². The smallest absolute Gasteiger partial charge is 0.306 e. The van der Waals surface area contributed by atoms with Crippen molar-refractivity contribution >= 4 is 17.9 Å². The highest BCUT2D eigenvalue weighted by molar-refractivity contribution is 5.71. The fraction of sp³-hybridized carbons (Fsp3) is 0.750. The first-order chi connectivity index (χ1) is 40.5. The van der Waals surface area contributed by atoms with Gasteiger partial charge in [0.25, 0.3) is 0 Å². The van der Waals surface area contributed by atoms with E-state index in [1.165, 1.54) is 186 Å². The number of esters is 3. The minimum absolute atomic E-state index is 0.0809. The maximum atomic E-state index is 13.0. The average Bonchev–Trinajstić information content (AvgIpc) is 3.47. The van der Waals surface area contributed by atoms with E-state index in [1.807, 2.05) is 0 Å². The van der Waals surface area contributed by atoms with Gasteiger partial charge in [-0.3, -0.25) is 14.4 Å². The van der Waals surface area contributed by atoms with Gasteiger partial charge in [-0.25, -0.2) is 0 Å². The Labute approximate surface area is 508 Å². The fourth-order valence-electron chi connectivity index (χ4n) is 10.1. The molecule has 6 nitrogen and oxygen atoms in total. The van der Waals surface area contributed by atoms with E-state index in [4.69, 9.17) is 14.2 Å². The maximum absolute atomic E-state index is 13.0. The minimum Gasteiger partial charge on any atom is -0.462 e. The molecular weight excluding hydrogens is 1010 g/mol. The van der Waals surface area contributed by atoms with Gasteiger partial charge in [-0.1, -0.05) is 343 Å². The van der Waals surface area contributed by atoms with Crippen LogP contribution in [-0.2, 0) is 28.6 Å². The molecule has 0 aliphatic heterocycles. The van der Waals surface area contributed by atoms with E-state index in [9.17, 15) is 14.4 Å². The van der Waals surface area contributed by atoms with Crippen LogP contribution >= 0.6 is 0 Å². The van der Waals surface area contributed by atoms with Crippen molar-refractivity contribution in [3.05, 3.63) is 97.2 Å². The topological polar surface area (TPSA) is 78.9 Å². The Morgan fingerprint density at radius 1 is 0.256 bits per heavy atom. The van der Waals surface area contributed by atoms with Crippen LogP contribution < -0.4 is 0 Å². The molecule has 82 heavy (non-hydrogen) atoms. The van der Waals surface area contributed by atoms with Crippen molar-refractivity contribution in [3.8, 4) is 0 Å². The maximum Gasteiger partial charge on any atom is 0.306 e. The second-order valence-electron chi connectivity index (χ2n) is 23.4. The summed E-state index contributed by atoms with van der Waals surface area (Å²) >= 11 is 0. The molecule has 6 heteroatoms. The highest BCUT2D eigenvalue weighted by Crippen LogP contribution is 2.18. The standard InChI is InChI=1S/C76H132O6/c1-4-7-10-13-16-19-22-25-27-29-31-33-35-36-37-38-39-40-41-43-44-46-48-51-54-57-60-63-66-69-75(78)81-72-73(71-80-74(77)68-65-62-59-56-53-50-24-21-18-15-12-9-6-3)82-76(79)70-67-64-61-58-55-52-49-47-45-42-34-32-30-28-26-23-20-17-14-11-8-5-2/h7,10,16,19,25,27,31,33,36-37,39-40,43-44,48,51,73H,4-6,8-9,11-15,17-18,20-24,26,28-30,32,34-35,38,41-42,45-47,49-50,52-72H2,1-3H3/b10-7-,19-16-,27-25-,33-31-,37-36-,40-39-,44-43-,51-48-. The molecule has 0 radical (unpaired) electrons. The van der Waals surface area contributed by atoms with Crippen molar-refractivity contribution < 1.29 is 28.6 Å². The van der Waals surface area contributed by atoms with Crippen molar-refractivity contribution in [3.63, 3.8) is 0 Å². The summed E-state index contributed by atoms with van der Waals surface area (Å²) in [7, 11) is 0. The van der Waals surface area contributed by atoms with Crippen molar-refractivity contribution in [2.75, 3.05) is 13.2 Å². The van der Waals surface area contributed by atoms with Gasteiger partial charge in [0.15, 0.2) is 6.10 Å². The molecule has 0 heterocycles. The first-order valence-electron chi connectivity index (χ1n) is 35.2. The number of rotatable bonds is 64. The lowest BCUT2D eigenvalue weighted by atomic mass is 10.0. The van der Waals surface area contributed by atoms with Crippen LogP contribution in [0.2, 0.25) is 0 Å². The molecule has 472 valence electrons. The number of ether oxygens (including phenoxy) is 3.